The van der Waals surface area contributed by atoms with Crippen LogP contribution < -0.4 is 4.74 Å². The molecule has 0 saturated carbocycles. The average Bonchev–Trinajstić information content (AvgIpc) is 3.51. The van der Waals surface area contributed by atoms with Crippen molar-refractivity contribution in [3.63, 3.8) is 0 Å². The smallest absolute Gasteiger partial charge is 0.277 e. The SMILES string of the molecule is COc1ccc(-c2noc(CSc3nnc(-c4cc5c(s4)CC[C@@H](C)C5)o3)n2)cc1. The molecule has 9 heteroatoms. The zero-order valence-corrected chi connectivity index (χ0v) is 18.3. The van der Waals surface area contributed by atoms with Crippen molar-refractivity contribution in [2.75, 3.05) is 7.11 Å². The molecule has 5 rings (SSSR count). The van der Waals surface area contributed by atoms with Crippen LogP contribution in [-0.4, -0.2) is 27.4 Å². The summed E-state index contributed by atoms with van der Waals surface area (Å²) in [6, 6.07) is 9.72. The van der Waals surface area contributed by atoms with Crippen molar-refractivity contribution in [2.24, 2.45) is 5.92 Å². The van der Waals surface area contributed by atoms with Crippen LogP contribution in [0.3, 0.4) is 0 Å². The largest absolute Gasteiger partial charge is 0.497 e. The number of methoxy groups -OCH3 is 1. The van der Waals surface area contributed by atoms with E-state index >= 15 is 0 Å². The Bertz CT molecular complexity index is 1150. The van der Waals surface area contributed by atoms with E-state index in [0.29, 0.717) is 28.6 Å². The van der Waals surface area contributed by atoms with Crippen LogP contribution in [0.5, 0.6) is 5.75 Å². The second-order valence-electron chi connectivity index (χ2n) is 7.31. The number of benzene rings is 1. The third kappa shape index (κ3) is 3.99. The van der Waals surface area contributed by atoms with Gasteiger partial charge in [-0.25, -0.2) is 0 Å². The van der Waals surface area contributed by atoms with E-state index in [-0.39, 0.29) is 0 Å². The minimum Gasteiger partial charge on any atom is -0.497 e. The summed E-state index contributed by atoms with van der Waals surface area (Å²) in [5, 5.41) is 12.9. The zero-order chi connectivity index (χ0) is 20.5. The van der Waals surface area contributed by atoms with E-state index in [0.717, 1.165) is 34.9 Å². The van der Waals surface area contributed by atoms with Crippen molar-refractivity contribution < 1.29 is 13.7 Å². The molecule has 0 fully saturated rings. The van der Waals surface area contributed by atoms with E-state index < -0.39 is 0 Å². The number of thioether (sulfide) groups is 1. The highest BCUT2D eigenvalue weighted by atomic mass is 32.2. The summed E-state index contributed by atoms with van der Waals surface area (Å²) in [4.78, 5) is 6.94. The van der Waals surface area contributed by atoms with E-state index in [1.165, 1.54) is 28.6 Å². The van der Waals surface area contributed by atoms with Gasteiger partial charge in [0, 0.05) is 10.4 Å². The average molecular weight is 441 g/mol. The molecule has 0 radical (unpaired) electrons. The lowest BCUT2D eigenvalue weighted by Gasteiger charge is -2.16. The second-order valence-corrected chi connectivity index (χ2v) is 9.37. The van der Waals surface area contributed by atoms with Crippen LogP contribution in [0, 0.1) is 5.92 Å². The molecule has 154 valence electrons. The molecular formula is C21H20N4O3S2. The highest BCUT2D eigenvalue weighted by Crippen LogP contribution is 2.37. The van der Waals surface area contributed by atoms with Crippen molar-refractivity contribution in [3.05, 3.63) is 46.7 Å². The molecule has 0 saturated heterocycles. The third-order valence-corrected chi connectivity index (χ3v) is 7.11. The Morgan fingerprint density at radius 1 is 1.23 bits per heavy atom. The monoisotopic (exact) mass is 440 g/mol. The van der Waals surface area contributed by atoms with Crippen molar-refractivity contribution in [2.45, 2.75) is 37.2 Å². The first kappa shape index (κ1) is 19.3. The van der Waals surface area contributed by atoms with Gasteiger partial charge >= 0.3 is 0 Å². The van der Waals surface area contributed by atoms with Gasteiger partial charge in [-0.15, -0.1) is 21.5 Å². The molecule has 0 N–H and O–H groups in total. The van der Waals surface area contributed by atoms with E-state index in [4.69, 9.17) is 13.7 Å². The fourth-order valence-electron chi connectivity index (χ4n) is 3.47. The zero-order valence-electron chi connectivity index (χ0n) is 16.6. The third-order valence-electron chi connectivity index (χ3n) is 5.08. The summed E-state index contributed by atoms with van der Waals surface area (Å²) in [7, 11) is 1.63. The summed E-state index contributed by atoms with van der Waals surface area (Å²) in [5.41, 5.74) is 2.30. The number of fused-ring (bicyclic) bond motifs is 1. The van der Waals surface area contributed by atoms with Crippen molar-refractivity contribution in [1.29, 1.82) is 0 Å². The van der Waals surface area contributed by atoms with Crippen LogP contribution in [0.1, 0.15) is 29.7 Å². The van der Waals surface area contributed by atoms with Gasteiger partial charge < -0.3 is 13.7 Å². The molecule has 1 atom stereocenters. The standard InChI is InChI=1S/C21H20N4O3S2/c1-12-3-8-16-14(9-12)10-17(30-16)20-23-24-21(27-20)29-11-18-22-19(25-28-18)13-4-6-15(26-2)7-5-13/h4-7,10,12H,3,8-9,11H2,1-2H3/t12-/m1/s1. The number of rotatable bonds is 6. The Morgan fingerprint density at radius 3 is 2.93 bits per heavy atom. The van der Waals surface area contributed by atoms with Crippen LogP contribution in [0.2, 0.25) is 0 Å². The molecular weight excluding hydrogens is 420 g/mol. The van der Waals surface area contributed by atoms with Gasteiger partial charge in [-0.05, 0) is 61.1 Å². The fourth-order valence-corrected chi connectivity index (χ4v) is 5.20. The lowest BCUT2D eigenvalue weighted by molar-refractivity contribution is 0.391. The summed E-state index contributed by atoms with van der Waals surface area (Å²) >= 11 is 3.15. The van der Waals surface area contributed by atoms with Crippen molar-refractivity contribution >= 4 is 23.1 Å². The Morgan fingerprint density at radius 2 is 2.10 bits per heavy atom. The molecule has 1 aliphatic rings. The van der Waals surface area contributed by atoms with E-state index in [1.807, 2.05) is 24.3 Å². The van der Waals surface area contributed by atoms with E-state index in [2.05, 4.69) is 33.3 Å². The Hall–Kier alpha value is -2.65. The van der Waals surface area contributed by atoms with Crippen molar-refractivity contribution in [3.8, 4) is 27.9 Å². The molecule has 30 heavy (non-hydrogen) atoms. The van der Waals surface area contributed by atoms with E-state index in [9.17, 15) is 0 Å². The molecule has 0 unspecified atom stereocenters. The maximum Gasteiger partial charge on any atom is 0.277 e. The topological polar surface area (TPSA) is 87.1 Å². The van der Waals surface area contributed by atoms with Crippen molar-refractivity contribution in [1.82, 2.24) is 20.3 Å². The molecule has 3 aromatic heterocycles. The number of hydrogen-bond donors (Lipinski definition) is 0. The van der Waals surface area contributed by atoms with Gasteiger partial charge in [-0.2, -0.15) is 4.98 Å². The molecule has 3 heterocycles. The highest BCUT2D eigenvalue weighted by Gasteiger charge is 2.21. The number of aromatic nitrogens is 4. The minimum atomic E-state index is 0.462. The number of nitrogens with zero attached hydrogens (tertiary/aromatic N) is 4. The number of thiophene rings is 1. The number of hydrogen-bond acceptors (Lipinski definition) is 9. The van der Waals surface area contributed by atoms with Crippen LogP contribution >= 0.6 is 23.1 Å². The molecule has 7 nitrogen and oxygen atoms in total. The van der Waals surface area contributed by atoms with Crippen LogP contribution in [0.15, 0.2) is 44.5 Å². The van der Waals surface area contributed by atoms with Crippen LogP contribution in [0.4, 0.5) is 0 Å². The van der Waals surface area contributed by atoms with E-state index in [1.54, 1.807) is 18.4 Å². The van der Waals surface area contributed by atoms with Crippen LogP contribution in [0.25, 0.3) is 22.2 Å². The Labute approximate surface area is 181 Å². The quantitative estimate of drug-likeness (QED) is 0.375. The Balaban J connectivity index is 1.24. The first-order chi connectivity index (χ1) is 14.7. The summed E-state index contributed by atoms with van der Waals surface area (Å²) in [5.74, 6) is 3.61. The number of ether oxygens (including phenoxy) is 1. The predicted molar refractivity (Wildman–Crippen MR) is 115 cm³/mol. The Kier molecular flexibility index (Phi) is 5.30. The fraction of sp³-hybridized carbons (Fsp3) is 0.333. The first-order valence-corrected chi connectivity index (χ1v) is 11.5. The molecule has 0 spiro atoms. The maximum atomic E-state index is 5.86. The first-order valence-electron chi connectivity index (χ1n) is 9.73. The van der Waals surface area contributed by atoms with Gasteiger partial charge in [-0.1, -0.05) is 23.8 Å². The predicted octanol–water partition coefficient (Wildman–Crippen LogP) is 5.27. The summed E-state index contributed by atoms with van der Waals surface area (Å²) in [6.45, 7) is 2.30. The molecule has 0 amide bonds. The van der Waals surface area contributed by atoms with Gasteiger partial charge in [0.1, 0.15) is 5.75 Å². The minimum absolute atomic E-state index is 0.462. The molecule has 0 bridgehead atoms. The van der Waals surface area contributed by atoms with Gasteiger partial charge in [0.15, 0.2) is 0 Å². The number of aryl methyl sites for hydroxylation is 1. The normalized spacial score (nSPS) is 15.9. The van der Waals surface area contributed by atoms with Gasteiger partial charge in [0.05, 0.1) is 17.7 Å². The lowest BCUT2D eigenvalue weighted by atomic mass is 9.90. The molecule has 1 aliphatic carbocycles. The summed E-state index contributed by atoms with van der Waals surface area (Å²) < 4.78 is 16.4. The lowest BCUT2D eigenvalue weighted by Crippen LogP contribution is -2.07. The van der Waals surface area contributed by atoms with Gasteiger partial charge in [0.2, 0.25) is 11.7 Å². The summed E-state index contributed by atoms with van der Waals surface area (Å²) in [6.07, 6.45) is 3.53. The molecule has 4 aromatic rings. The molecule has 0 aliphatic heterocycles. The maximum absolute atomic E-state index is 5.86. The molecule has 1 aromatic carbocycles. The van der Waals surface area contributed by atoms with Gasteiger partial charge in [0.25, 0.3) is 11.1 Å². The second kappa shape index (κ2) is 8.23. The highest BCUT2D eigenvalue weighted by molar-refractivity contribution is 7.98. The van der Waals surface area contributed by atoms with Gasteiger partial charge in [-0.3, -0.25) is 0 Å². The van der Waals surface area contributed by atoms with Crippen LogP contribution in [-0.2, 0) is 18.6 Å².